The highest BCUT2D eigenvalue weighted by Gasteiger charge is 2.74. The average molecular weight is 838 g/mol. The number of carbonyl (C=O) groups is 3. The van der Waals surface area contributed by atoms with Crippen LogP contribution in [0, 0.1) is 85.1 Å². The molecule has 0 spiro atoms. The first kappa shape index (κ1) is 41.8. The summed E-state index contributed by atoms with van der Waals surface area (Å²) in [6.45, 7) is 19.8. The van der Waals surface area contributed by atoms with Gasteiger partial charge >= 0.3 is 11.9 Å². The summed E-state index contributed by atoms with van der Waals surface area (Å²) in [5.41, 5.74) is 1.39. The maximum atomic E-state index is 15.7. The number of H-pyrrole nitrogens is 1. The summed E-state index contributed by atoms with van der Waals surface area (Å²) in [5, 5.41) is 9.72. The number of imidazole rings is 1. The van der Waals surface area contributed by atoms with Crippen molar-refractivity contribution in [3.63, 3.8) is 0 Å². The molecule has 0 radical (unpaired) electrons. The van der Waals surface area contributed by atoms with E-state index in [1.54, 1.807) is 12.1 Å². The number of esters is 1. The van der Waals surface area contributed by atoms with Crippen molar-refractivity contribution in [2.45, 2.75) is 164 Å². The van der Waals surface area contributed by atoms with E-state index in [9.17, 15) is 19.1 Å². The van der Waals surface area contributed by atoms with Crippen LogP contribution in [0.15, 0.2) is 30.5 Å². The van der Waals surface area contributed by atoms with E-state index in [0.29, 0.717) is 47.3 Å². The van der Waals surface area contributed by atoms with E-state index >= 15 is 4.79 Å². The second-order valence-electron chi connectivity index (χ2n) is 24.3. The molecule has 2 heterocycles. The largest absolute Gasteiger partial charge is 0.481 e. The molecule has 8 aliphatic rings. The number of ether oxygens (including phenoxy) is 1. The Hall–Kier alpha value is -3.23. The van der Waals surface area contributed by atoms with Crippen LogP contribution in [0.3, 0.4) is 0 Å². The van der Waals surface area contributed by atoms with E-state index in [1.165, 1.54) is 44.2 Å². The highest BCUT2D eigenvalue weighted by Crippen LogP contribution is 2.79. The molecule has 13 atom stereocenters. The van der Waals surface area contributed by atoms with Crippen molar-refractivity contribution in [3.05, 3.63) is 42.1 Å². The lowest BCUT2D eigenvalue weighted by atomic mass is 9.32. The third kappa shape index (κ3) is 5.77. The highest BCUT2D eigenvalue weighted by atomic mass is 19.1. The number of nitrogens with zero attached hydrogens (tertiary/aromatic N) is 2. The molecule has 9 heteroatoms. The molecule has 2 aromatic rings. The Balaban J connectivity index is 0.912. The highest BCUT2D eigenvalue weighted by molar-refractivity contribution is 5.85. The van der Waals surface area contributed by atoms with Crippen molar-refractivity contribution in [1.29, 1.82) is 0 Å². The summed E-state index contributed by atoms with van der Waals surface area (Å²) in [7, 11) is 0. The van der Waals surface area contributed by atoms with E-state index in [-0.39, 0.29) is 56.9 Å². The molecule has 1 amide bonds. The number of amides is 1. The zero-order valence-corrected chi connectivity index (χ0v) is 38.2. The Morgan fingerprint density at radius 3 is 2.20 bits per heavy atom. The molecule has 1 aromatic carbocycles. The van der Waals surface area contributed by atoms with Gasteiger partial charge < -0.3 is 19.7 Å². The Bertz CT molecular complexity index is 2110. The summed E-state index contributed by atoms with van der Waals surface area (Å²) >= 11 is 0. The van der Waals surface area contributed by atoms with Crippen LogP contribution in [-0.4, -0.2) is 50.5 Å². The van der Waals surface area contributed by atoms with Gasteiger partial charge in [0.25, 0.3) is 0 Å². The summed E-state index contributed by atoms with van der Waals surface area (Å²) in [5.74, 6) is 1.58. The number of carbonyl (C=O) groups excluding carboxylic acids is 2. The second kappa shape index (κ2) is 13.6. The number of aliphatic carboxylic acids is 1. The van der Waals surface area contributed by atoms with Crippen LogP contribution < -0.4 is 0 Å². The lowest BCUT2D eigenvalue weighted by Gasteiger charge is -2.73. The number of aromatic amines is 1. The van der Waals surface area contributed by atoms with Gasteiger partial charge in [-0.15, -0.1) is 0 Å². The van der Waals surface area contributed by atoms with Crippen LogP contribution in [0.2, 0.25) is 0 Å². The molecule has 7 saturated carbocycles. The summed E-state index contributed by atoms with van der Waals surface area (Å²) < 4.78 is 20.2. The average Bonchev–Trinajstić information content (AvgIpc) is 3.58. The van der Waals surface area contributed by atoms with Gasteiger partial charge in [-0.3, -0.25) is 14.4 Å². The van der Waals surface area contributed by atoms with Gasteiger partial charge in [0.2, 0.25) is 5.91 Å². The molecule has 3 unspecified atom stereocenters. The number of carboxylic acid groups (broad SMARTS) is 1. The van der Waals surface area contributed by atoms with Crippen LogP contribution in [0.25, 0.3) is 11.3 Å². The number of benzene rings is 1. The minimum Gasteiger partial charge on any atom is -0.481 e. The topological polar surface area (TPSA) is 113 Å². The molecule has 332 valence electrons. The number of nitrogens with one attached hydrogen (secondary N) is 1. The first-order chi connectivity index (χ1) is 28.7. The Morgan fingerprint density at radius 2 is 1.51 bits per heavy atom. The predicted octanol–water partition coefficient (Wildman–Crippen LogP) is 11.4. The normalized spacial score (nSPS) is 43.8. The second-order valence-corrected chi connectivity index (χ2v) is 24.3. The minimum atomic E-state index is -0.818. The van der Waals surface area contributed by atoms with Gasteiger partial charge in [0.05, 0.1) is 35.2 Å². The summed E-state index contributed by atoms with van der Waals surface area (Å²) in [6, 6.07) is 6.47. The number of likely N-dealkylation sites (tertiary alicyclic amines) is 1. The first-order valence-corrected chi connectivity index (χ1v) is 24.3. The standard InChI is InChI=1S/C52H72FN3O5/c1-46(2)34(43(57)58)28-35(46)44(59)61-40-19-20-49(6)38(47(40,3)4)18-21-51(8)39(49)16-15-33-41-32(48(5)23-24-48)17-22-52(41,26-25-50(33,51)7)45(60)56-27-9-10-37(56)42-54-29-36(55-42)30-11-13-31(53)14-12-30/h11-14,29,32-35,37-41H,9-10,15-28H2,1-8H3,(H,54,55)(H,57,58)/t32-,33-,34?,35?,37?,38+,39-,40+,41-,49+,50-,51-,52+/m1/s1. The number of rotatable bonds is 7. The molecule has 1 saturated heterocycles. The van der Waals surface area contributed by atoms with Gasteiger partial charge in [-0.25, -0.2) is 9.37 Å². The van der Waals surface area contributed by atoms with Crippen LogP contribution in [0.4, 0.5) is 4.39 Å². The molecule has 1 aromatic heterocycles. The zero-order valence-electron chi connectivity index (χ0n) is 38.2. The SMILES string of the molecule is CC1(C)C(C(=O)O)CC1C(=O)O[C@H]1CC[C@]2(C)[C@H]3CC[C@@H]4[C@H]5[C@H](C6(C)CC6)CC[C@]5(C(=O)N5CCCC5c5ncc(-c6ccc(F)cc6)[nH]5)CC[C@@]4(C)[C@]3(C)CC[C@H]2C1(C)C. The maximum Gasteiger partial charge on any atom is 0.309 e. The fourth-order valence-electron chi connectivity index (χ4n) is 17.3. The van der Waals surface area contributed by atoms with E-state index < -0.39 is 17.3 Å². The molecular formula is C52H72FN3O5. The molecule has 7 aliphatic carbocycles. The maximum absolute atomic E-state index is 15.7. The number of hydrogen-bond donors (Lipinski definition) is 2. The van der Waals surface area contributed by atoms with Gasteiger partial charge in [0.15, 0.2) is 0 Å². The minimum absolute atomic E-state index is 0.0660. The first-order valence-electron chi connectivity index (χ1n) is 24.3. The van der Waals surface area contributed by atoms with Crippen LogP contribution >= 0.6 is 0 Å². The monoisotopic (exact) mass is 838 g/mol. The molecule has 0 bridgehead atoms. The van der Waals surface area contributed by atoms with E-state index in [2.05, 4.69) is 51.4 Å². The van der Waals surface area contributed by atoms with Crippen molar-refractivity contribution < 1.29 is 28.6 Å². The number of halogens is 1. The van der Waals surface area contributed by atoms with Gasteiger partial charge in [-0.1, -0.05) is 55.4 Å². The Labute approximate surface area is 363 Å². The predicted molar refractivity (Wildman–Crippen MR) is 232 cm³/mol. The Morgan fingerprint density at radius 1 is 0.770 bits per heavy atom. The number of fused-ring (bicyclic) bond motifs is 7. The molecule has 1 aliphatic heterocycles. The van der Waals surface area contributed by atoms with Crippen molar-refractivity contribution in [2.24, 2.45) is 79.3 Å². The van der Waals surface area contributed by atoms with Crippen LogP contribution in [0.1, 0.15) is 164 Å². The van der Waals surface area contributed by atoms with Crippen molar-refractivity contribution >= 4 is 17.8 Å². The van der Waals surface area contributed by atoms with Crippen molar-refractivity contribution in [1.82, 2.24) is 14.9 Å². The quantitative estimate of drug-likeness (QED) is 0.269. The smallest absolute Gasteiger partial charge is 0.309 e. The van der Waals surface area contributed by atoms with Gasteiger partial charge in [-0.2, -0.15) is 0 Å². The van der Waals surface area contributed by atoms with E-state index in [4.69, 9.17) is 9.72 Å². The van der Waals surface area contributed by atoms with Gasteiger partial charge in [0.1, 0.15) is 17.7 Å². The molecule has 8 fully saturated rings. The fourth-order valence-corrected chi connectivity index (χ4v) is 17.3. The van der Waals surface area contributed by atoms with Crippen LogP contribution in [0.5, 0.6) is 0 Å². The lowest BCUT2D eigenvalue weighted by Crippen LogP contribution is -2.67. The zero-order chi connectivity index (χ0) is 43.3. The third-order valence-electron chi connectivity index (χ3n) is 21.4. The number of hydrogen-bond acceptors (Lipinski definition) is 5. The van der Waals surface area contributed by atoms with Crippen molar-refractivity contribution in [2.75, 3.05) is 6.54 Å². The number of carboxylic acids is 1. The van der Waals surface area contributed by atoms with Crippen LogP contribution in [-0.2, 0) is 19.1 Å². The van der Waals surface area contributed by atoms with Crippen molar-refractivity contribution in [3.8, 4) is 11.3 Å². The molecule has 8 nitrogen and oxygen atoms in total. The van der Waals surface area contributed by atoms with Gasteiger partial charge in [-0.05, 0) is 183 Å². The van der Waals surface area contributed by atoms with E-state index in [0.717, 1.165) is 81.4 Å². The number of aromatic nitrogens is 2. The fraction of sp³-hybridized carbons (Fsp3) is 0.769. The van der Waals surface area contributed by atoms with Gasteiger partial charge in [0, 0.05) is 12.0 Å². The molecular weight excluding hydrogens is 766 g/mol. The summed E-state index contributed by atoms with van der Waals surface area (Å²) in [6.07, 6.45) is 17.3. The molecule has 2 N–H and O–H groups in total. The molecule has 61 heavy (non-hydrogen) atoms. The van der Waals surface area contributed by atoms with E-state index in [1.807, 2.05) is 20.0 Å². The molecule has 10 rings (SSSR count). The third-order valence-corrected chi connectivity index (χ3v) is 21.4. The Kier molecular flexibility index (Phi) is 9.34. The summed E-state index contributed by atoms with van der Waals surface area (Å²) in [4.78, 5) is 51.9. The lowest BCUT2D eigenvalue weighted by molar-refractivity contribution is -0.253.